The highest BCUT2D eigenvalue weighted by molar-refractivity contribution is 6.00. The second-order valence-electron chi connectivity index (χ2n) is 6.02. The Balaban J connectivity index is 1.38. The van der Waals surface area contributed by atoms with Crippen LogP contribution >= 0.6 is 0 Å². The molecule has 3 aromatic rings. The zero-order chi connectivity index (χ0) is 17.3. The van der Waals surface area contributed by atoms with Crippen molar-refractivity contribution in [3.05, 3.63) is 72.4 Å². The molecule has 0 radical (unpaired) electrons. The molecule has 0 unspecified atom stereocenters. The summed E-state index contributed by atoms with van der Waals surface area (Å²) in [6.07, 6.45) is 4.32. The molecule has 0 atom stereocenters. The molecule has 0 aliphatic heterocycles. The minimum atomic E-state index is 0.00807. The number of anilines is 1. The molecule has 2 aromatic carbocycles. The molecule has 0 saturated heterocycles. The number of amides is 1. The maximum absolute atomic E-state index is 12.1. The van der Waals surface area contributed by atoms with Gasteiger partial charge in [-0.1, -0.05) is 48.5 Å². The van der Waals surface area contributed by atoms with Crippen LogP contribution in [0.25, 0.3) is 10.9 Å². The maximum Gasteiger partial charge on any atom is 0.225 e. The van der Waals surface area contributed by atoms with E-state index in [0.717, 1.165) is 36.0 Å². The lowest BCUT2D eigenvalue weighted by molar-refractivity contribution is -0.116. The van der Waals surface area contributed by atoms with Crippen LogP contribution in [0.5, 0.6) is 0 Å². The molecule has 1 aromatic heterocycles. The van der Waals surface area contributed by atoms with Gasteiger partial charge in [0.05, 0.1) is 11.2 Å². The maximum atomic E-state index is 12.1. The van der Waals surface area contributed by atoms with Crippen LogP contribution in [0.2, 0.25) is 0 Å². The summed E-state index contributed by atoms with van der Waals surface area (Å²) >= 11 is 0. The molecule has 128 valence electrons. The molecule has 0 spiro atoms. The molecule has 1 heterocycles. The van der Waals surface area contributed by atoms with Gasteiger partial charge < -0.3 is 10.6 Å². The van der Waals surface area contributed by atoms with E-state index in [9.17, 15) is 4.79 Å². The van der Waals surface area contributed by atoms with E-state index in [1.165, 1.54) is 5.56 Å². The molecule has 2 N–H and O–H groups in total. The van der Waals surface area contributed by atoms with Crippen molar-refractivity contribution >= 4 is 22.5 Å². The zero-order valence-corrected chi connectivity index (χ0v) is 14.2. The number of para-hydroxylation sites is 1. The Morgan fingerprint density at radius 1 is 0.920 bits per heavy atom. The molecule has 4 heteroatoms. The number of benzene rings is 2. The average Bonchev–Trinajstić information content (AvgIpc) is 2.66. The molecule has 3 rings (SSSR count). The van der Waals surface area contributed by atoms with Crippen LogP contribution in [0.4, 0.5) is 5.69 Å². The Bertz CT molecular complexity index is 812. The largest absolute Gasteiger partial charge is 0.324 e. The van der Waals surface area contributed by atoms with Gasteiger partial charge in [-0.25, -0.2) is 0 Å². The highest BCUT2D eigenvalue weighted by Crippen LogP contribution is 2.20. The number of hydrogen-bond acceptors (Lipinski definition) is 3. The summed E-state index contributed by atoms with van der Waals surface area (Å²) in [6.45, 7) is 1.59. The van der Waals surface area contributed by atoms with E-state index in [1.807, 2.05) is 36.4 Å². The zero-order valence-electron chi connectivity index (χ0n) is 14.2. The molecule has 1 amide bonds. The van der Waals surface area contributed by atoms with Crippen molar-refractivity contribution in [2.75, 3.05) is 18.4 Å². The number of nitrogens with zero attached hydrogens (tertiary/aromatic N) is 1. The summed E-state index contributed by atoms with van der Waals surface area (Å²) in [7, 11) is 0. The Morgan fingerprint density at radius 2 is 1.76 bits per heavy atom. The van der Waals surface area contributed by atoms with Crippen molar-refractivity contribution in [1.29, 1.82) is 0 Å². The van der Waals surface area contributed by atoms with Gasteiger partial charge in [0.15, 0.2) is 0 Å². The van der Waals surface area contributed by atoms with Crippen molar-refractivity contribution in [2.45, 2.75) is 19.3 Å². The highest BCUT2D eigenvalue weighted by atomic mass is 16.1. The number of hydrogen-bond donors (Lipinski definition) is 2. The van der Waals surface area contributed by atoms with Gasteiger partial charge in [0.1, 0.15) is 0 Å². The number of carbonyl (C=O) groups is 1. The number of aryl methyl sites for hydroxylation is 1. The van der Waals surface area contributed by atoms with E-state index in [0.29, 0.717) is 13.0 Å². The van der Waals surface area contributed by atoms with Gasteiger partial charge >= 0.3 is 0 Å². The van der Waals surface area contributed by atoms with Crippen LogP contribution < -0.4 is 10.6 Å². The molecule has 25 heavy (non-hydrogen) atoms. The van der Waals surface area contributed by atoms with Crippen LogP contribution in [0.3, 0.4) is 0 Å². The molecule has 0 aliphatic rings. The minimum absolute atomic E-state index is 0.00807. The number of aromatic nitrogens is 1. The SMILES string of the molecule is O=C(CCNCCCc1ccccc1)Nc1cccc2cccnc12. The smallest absolute Gasteiger partial charge is 0.225 e. The quantitative estimate of drug-likeness (QED) is 0.617. The topological polar surface area (TPSA) is 54.0 Å². The fraction of sp³-hybridized carbons (Fsp3) is 0.238. The summed E-state index contributed by atoms with van der Waals surface area (Å²) in [5.41, 5.74) is 2.95. The van der Waals surface area contributed by atoms with Crippen LogP contribution in [0.1, 0.15) is 18.4 Å². The molecular weight excluding hydrogens is 310 g/mol. The standard InChI is InChI=1S/C21H23N3O/c25-20(13-16-22-14-5-9-17-7-2-1-3-8-17)24-19-12-4-10-18-11-6-15-23-21(18)19/h1-4,6-8,10-12,15,22H,5,9,13-14,16H2,(H,24,25). The highest BCUT2D eigenvalue weighted by Gasteiger charge is 2.06. The van der Waals surface area contributed by atoms with Crippen LogP contribution in [-0.4, -0.2) is 24.0 Å². The summed E-state index contributed by atoms with van der Waals surface area (Å²) < 4.78 is 0. The Labute approximate surface area is 148 Å². The first-order chi connectivity index (χ1) is 12.3. The lowest BCUT2D eigenvalue weighted by Crippen LogP contribution is -2.23. The van der Waals surface area contributed by atoms with Gasteiger partial charge in [-0.05, 0) is 37.1 Å². The minimum Gasteiger partial charge on any atom is -0.324 e. The van der Waals surface area contributed by atoms with Gasteiger partial charge in [-0.2, -0.15) is 0 Å². The summed E-state index contributed by atoms with van der Waals surface area (Å²) in [6, 6.07) is 20.2. The Morgan fingerprint density at radius 3 is 2.64 bits per heavy atom. The fourth-order valence-corrected chi connectivity index (χ4v) is 2.81. The molecule has 0 fully saturated rings. The average molecular weight is 333 g/mol. The number of nitrogens with one attached hydrogen (secondary N) is 2. The van der Waals surface area contributed by atoms with Crippen molar-refractivity contribution in [3.63, 3.8) is 0 Å². The molecule has 0 saturated carbocycles. The van der Waals surface area contributed by atoms with E-state index in [1.54, 1.807) is 6.20 Å². The van der Waals surface area contributed by atoms with E-state index in [2.05, 4.69) is 39.9 Å². The first-order valence-corrected chi connectivity index (χ1v) is 8.71. The third-order valence-corrected chi connectivity index (χ3v) is 4.10. The van der Waals surface area contributed by atoms with Crippen molar-refractivity contribution in [1.82, 2.24) is 10.3 Å². The predicted octanol–water partition coefficient (Wildman–Crippen LogP) is 3.79. The first kappa shape index (κ1) is 17.1. The summed E-state index contributed by atoms with van der Waals surface area (Å²) in [5.74, 6) is 0.00807. The summed E-state index contributed by atoms with van der Waals surface area (Å²) in [5, 5.41) is 7.32. The number of fused-ring (bicyclic) bond motifs is 1. The third-order valence-electron chi connectivity index (χ3n) is 4.10. The normalized spacial score (nSPS) is 10.7. The van der Waals surface area contributed by atoms with E-state index in [4.69, 9.17) is 0 Å². The van der Waals surface area contributed by atoms with Crippen LogP contribution in [0, 0.1) is 0 Å². The van der Waals surface area contributed by atoms with Crippen LogP contribution in [0.15, 0.2) is 66.9 Å². The monoisotopic (exact) mass is 333 g/mol. The van der Waals surface area contributed by atoms with Crippen molar-refractivity contribution < 1.29 is 4.79 Å². The van der Waals surface area contributed by atoms with Crippen molar-refractivity contribution in [2.24, 2.45) is 0 Å². The Hall–Kier alpha value is -2.72. The number of carbonyl (C=O) groups excluding carboxylic acids is 1. The second-order valence-corrected chi connectivity index (χ2v) is 6.02. The molecule has 0 bridgehead atoms. The van der Waals surface area contributed by atoms with Crippen LogP contribution in [-0.2, 0) is 11.2 Å². The second kappa shape index (κ2) is 8.94. The van der Waals surface area contributed by atoms with Gasteiger partial charge in [0.2, 0.25) is 5.91 Å². The van der Waals surface area contributed by atoms with Gasteiger partial charge in [0, 0.05) is 24.5 Å². The van der Waals surface area contributed by atoms with Gasteiger partial charge in [-0.3, -0.25) is 9.78 Å². The van der Waals surface area contributed by atoms with Crippen molar-refractivity contribution in [3.8, 4) is 0 Å². The van der Waals surface area contributed by atoms with E-state index >= 15 is 0 Å². The molecular formula is C21H23N3O. The summed E-state index contributed by atoms with van der Waals surface area (Å²) in [4.78, 5) is 16.5. The molecule has 0 aliphatic carbocycles. The van der Waals surface area contributed by atoms with Gasteiger partial charge in [-0.15, -0.1) is 0 Å². The predicted molar refractivity (Wildman–Crippen MR) is 103 cm³/mol. The Kier molecular flexibility index (Phi) is 6.12. The number of rotatable bonds is 8. The third kappa shape index (κ3) is 5.13. The lowest BCUT2D eigenvalue weighted by atomic mass is 10.1. The van der Waals surface area contributed by atoms with Gasteiger partial charge in [0.25, 0.3) is 0 Å². The van der Waals surface area contributed by atoms with E-state index < -0.39 is 0 Å². The van der Waals surface area contributed by atoms with E-state index in [-0.39, 0.29) is 5.91 Å². The fourth-order valence-electron chi connectivity index (χ4n) is 2.81. The first-order valence-electron chi connectivity index (χ1n) is 8.71. The lowest BCUT2D eigenvalue weighted by Gasteiger charge is -2.08. The molecule has 4 nitrogen and oxygen atoms in total. The number of pyridine rings is 1.